The van der Waals surface area contributed by atoms with E-state index in [-0.39, 0.29) is 35.0 Å². The van der Waals surface area contributed by atoms with Crippen molar-refractivity contribution in [2.24, 2.45) is 0 Å². The molecule has 2 aliphatic rings. The first-order chi connectivity index (χ1) is 9.10. The molecule has 1 unspecified atom stereocenters. The first-order valence-corrected chi connectivity index (χ1v) is 7.37. The third-order valence-corrected chi connectivity index (χ3v) is 5.18. The second-order valence-corrected chi connectivity index (χ2v) is 7.39. The van der Waals surface area contributed by atoms with Crippen molar-refractivity contribution in [3.8, 4) is 0 Å². The van der Waals surface area contributed by atoms with E-state index in [1.165, 1.54) is 4.90 Å². The highest BCUT2D eigenvalue weighted by molar-refractivity contribution is 6.05. The van der Waals surface area contributed by atoms with Crippen LogP contribution in [0.2, 0.25) is 0 Å². The molecule has 114 valence electrons. The van der Waals surface area contributed by atoms with Crippen LogP contribution >= 0.6 is 0 Å². The number of rotatable bonds is 2. The Morgan fingerprint density at radius 2 is 1.60 bits per heavy atom. The van der Waals surface area contributed by atoms with Gasteiger partial charge in [0, 0.05) is 17.1 Å². The van der Waals surface area contributed by atoms with Crippen molar-refractivity contribution in [3.63, 3.8) is 0 Å². The SMILES string of the molecule is CNC1CC(=O)N(C2CC(C)(C)N(C)C(C)(C)C2)C1=O. The lowest BCUT2D eigenvalue weighted by molar-refractivity contribution is -0.146. The summed E-state index contributed by atoms with van der Waals surface area (Å²) in [5.74, 6) is -0.0887. The molecule has 0 bridgehead atoms. The van der Waals surface area contributed by atoms with E-state index < -0.39 is 0 Å². The number of imide groups is 1. The lowest BCUT2D eigenvalue weighted by Crippen LogP contribution is -2.63. The summed E-state index contributed by atoms with van der Waals surface area (Å²) in [7, 11) is 3.86. The van der Waals surface area contributed by atoms with E-state index in [2.05, 4.69) is 45.0 Å². The zero-order valence-corrected chi connectivity index (χ0v) is 13.5. The number of nitrogens with zero attached hydrogens (tertiary/aromatic N) is 2. The molecule has 20 heavy (non-hydrogen) atoms. The number of nitrogens with one attached hydrogen (secondary N) is 1. The molecule has 2 aliphatic heterocycles. The number of amides is 2. The van der Waals surface area contributed by atoms with Crippen molar-refractivity contribution in [3.05, 3.63) is 0 Å². The number of piperidine rings is 1. The van der Waals surface area contributed by atoms with Gasteiger partial charge in [-0.15, -0.1) is 0 Å². The van der Waals surface area contributed by atoms with Crippen LogP contribution in [0.1, 0.15) is 47.0 Å². The van der Waals surface area contributed by atoms with Crippen molar-refractivity contribution in [1.82, 2.24) is 15.1 Å². The molecular weight excluding hydrogens is 254 g/mol. The van der Waals surface area contributed by atoms with Crippen LogP contribution in [0.4, 0.5) is 0 Å². The molecule has 0 aromatic heterocycles. The third-order valence-electron chi connectivity index (χ3n) is 5.18. The predicted octanol–water partition coefficient (Wildman–Crippen LogP) is 0.985. The number of likely N-dealkylation sites (N-methyl/N-ethyl adjacent to an activating group) is 1. The van der Waals surface area contributed by atoms with Gasteiger partial charge in [-0.1, -0.05) is 0 Å². The fraction of sp³-hybridized carbons (Fsp3) is 0.867. The van der Waals surface area contributed by atoms with Crippen LogP contribution in [-0.2, 0) is 9.59 Å². The summed E-state index contributed by atoms with van der Waals surface area (Å²) in [4.78, 5) is 28.5. The molecule has 2 saturated heterocycles. The molecule has 2 rings (SSSR count). The smallest absolute Gasteiger partial charge is 0.247 e. The van der Waals surface area contributed by atoms with Gasteiger partial charge in [0.2, 0.25) is 11.8 Å². The normalized spacial score (nSPS) is 31.1. The molecule has 0 aromatic rings. The second-order valence-electron chi connectivity index (χ2n) is 7.39. The Balaban J connectivity index is 2.26. The van der Waals surface area contributed by atoms with Gasteiger partial charge in [-0.25, -0.2) is 0 Å². The van der Waals surface area contributed by atoms with Crippen molar-refractivity contribution in [2.45, 2.75) is 70.1 Å². The summed E-state index contributed by atoms with van der Waals surface area (Å²) in [5, 5.41) is 2.94. The first kappa shape index (κ1) is 15.4. The van der Waals surface area contributed by atoms with Gasteiger partial charge in [-0.05, 0) is 54.6 Å². The fourth-order valence-corrected chi connectivity index (χ4v) is 3.76. The molecule has 2 fully saturated rings. The van der Waals surface area contributed by atoms with Gasteiger partial charge in [0.25, 0.3) is 0 Å². The average molecular weight is 281 g/mol. The maximum absolute atomic E-state index is 12.4. The Kier molecular flexibility index (Phi) is 3.71. The van der Waals surface area contributed by atoms with Crippen LogP contribution in [-0.4, -0.2) is 58.9 Å². The third kappa shape index (κ3) is 2.37. The predicted molar refractivity (Wildman–Crippen MR) is 78.3 cm³/mol. The monoisotopic (exact) mass is 281 g/mol. The Labute approximate surface area is 121 Å². The highest BCUT2D eigenvalue weighted by Gasteiger charge is 2.50. The van der Waals surface area contributed by atoms with Crippen molar-refractivity contribution in [2.75, 3.05) is 14.1 Å². The van der Waals surface area contributed by atoms with Gasteiger partial charge in [0.1, 0.15) is 0 Å². The summed E-state index contributed by atoms with van der Waals surface area (Å²) in [5.41, 5.74) is -0.0462. The Morgan fingerprint density at radius 3 is 2.00 bits per heavy atom. The maximum Gasteiger partial charge on any atom is 0.247 e. The molecule has 2 amide bonds. The molecule has 0 spiro atoms. The van der Waals surface area contributed by atoms with E-state index in [1.807, 2.05) is 0 Å². The summed E-state index contributed by atoms with van der Waals surface area (Å²) in [6, 6.07) is -0.331. The second kappa shape index (κ2) is 4.81. The van der Waals surface area contributed by atoms with Crippen LogP contribution in [0.3, 0.4) is 0 Å². The molecule has 0 aromatic carbocycles. The summed E-state index contributed by atoms with van der Waals surface area (Å²) >= 11 is 0. The van der Waals surface area contributed by atoms with Crippen molar-refractivity contribution >= 4 is 11.8 Å². The minimum Gasteiger partial charge on any atom is -0.308 e. The van der Waals surface area contributed by atoms with Crippen LogP contribution in [0, 0.1) is 0 Å². The highest BCUT2D eigenvalue weighted by atomic mass is 16.2. The minimum absolute atomic E-state index is 0.00884. The molecular formula is C15H27N3O2. The number of carbonyl (C=O) groups is 2. The van der Waals surface area contributed by atoms with E-state index in [9.17, 15) is 9.59 Å². The van der Waals surface area contributed by atoms with Crippen molar-refractivity contribution < 1.29 is 9.59 Å². The van der Waals surface area contributed by atoms with Gasteiger partial charge >= 0.3 is 0 Å². The van der Waals surface area contributed by atoms with E-state index in [0.29, 0.717) is 6.42 Å². The zero-order valence-electron chi connectivity index (χ0n) is 13.5. The quantitative estimate of drug-likeness (QED) is 0.767. The Hall–Kier alpha value is -0.940. The highest BCUT2D eigenvalue weighted by Crippen LogP contribution is 2.40. The fourth-order valence-electron chi connectivity index (χ4n) is 3.76. The van der Waals surface area contributed by atoms with Crippen LogP contribution in [0.5, 0.6) is 0 Å². The van der Waals surface area contributed by atoms with E-state index in [1.54, 1.807) is 7.05 Å². The zero-order chi connectivity index (χ0) is 15.3. The van der Waals surface area contributed by atoms with Gasteiger partial charge in [0.15, 0.2) is 0 Å². The van der Waals surface area contributed by atoms with Crippen LogP contribution in [0.25, 0.3) is 0 Å². The molecule has 1 atom stereocenters. The van der Waals surface area contributed by atoms with Crippen molar-refractivity contribution in [1.29, 1.82) is 0 Å². The maximum atomic E-state index is 12.4. The Bertz CT molecular complexity index is 413. The lowest BCUT2D eigenvalue weighted by Gasteiger charge is -2.54. The molecule has 0 radical (unpaired) electrons. The van der Waals surface area contributed by atoms with Crippen LogP contribution in [0.15, 0.2) is 0 Å². The molecule has 5 nitrogen and oxygen atoms in total. The number of hydrogen-bond donors (Lipinski definition) is 1. The number of hydrogen-bond acceptors (Lipinski definition) is 4. The molecule has 1 N–H and O–H groups in total. The lowest BCUT2D eigenvalue weighted by atomic mass is 9.77. The summed E-state index contributed by atoms with van der Waals surface area (Å²) in [6.07, 6.45) is 1.96. The summed E-state index contributed by atoms with van der Waals surface area (Å²) in [6.45, 7) is 8.73. The Morgan fingerprint density at radius 1 is 1.10 bits per heavy atom. The van der Waals surface area contributed by atoms with E-state index in [0.717, 1.165) is 12.8 Å². The average Bonchev–Trinajstić information content (AvgIpc) is 2.60. The summed E-state index contributed by atoms with van der Waals surface area (Å²) < 4.78 is 0. The van der Waals surface area contributed by atoms with Gasteiger partial charge in [0.05, 0.1) is 12.5 Å². The number of carbonyl (C=O) groups excluding carboxylic acids is 2. The molecule has 0 aliphatic carbocycles. The van der Waals surface area contributed by atoms with E-state index in [4.69, 9.17) is 0 Å². The van der Waals surface area contributed by atoms with Gasteiger partial charge < -0.3 is 5.32 Å². The largest absolute Gasteiger partial charge is 0.308 e. The standard InChI is InChI=1S/C15H27N3O2/c1-14(2)8-10(9-15(3,4)17(14)6)18-12(19)7-11(16-5)13(18)20/h10-11,16H,7-9H2,1-6H3. The topological polar surface area (TPSA) is 52.7 Å². The number of likely N-dealkylation sites (tertiary alicyclic amines) is 2. The molecule has 5 heteroatoms. The minimum atomic E-state index is -0.339. The first-order valence-electron chi connectivity index (χ1n) is 7.37. The molecule has 2 heterocycles. The van der Waals surface area contributed by atoms with Crippen LogP contribution < -0.4 is 5.32 Å². The van der Waals surface area contributed by atoms with Gasteiger partial charge in [-0.2, -0.15) is 0 Å². The van der Waals surface area contributed by atoms with E-state index >= 15 is 0 Å². The molecule has 0 saturated carbocycles. The van der Waals surface area contributed by atoms with Gasteiger partial charge in [-0.3, -0.25) is 19.4 Å².